The van der Waals surface area contributed by atoms with Gasteiger partial charge in [0, 0.05) is 18.9 Å². The summed E-state index contributed by atoms with van der Waals surface area (Å²) < 4.78 is 29.6. The summed E-state index contributed by atoms with van der Waals surface area (Å²) >= 11 is 0. The Morgan fingerprint density at radius 3 is 2.70 bits per heavy atom. The van der Waals surface area contributed by atoms with Gasteiger partial charge < -0.3 is 4.57 Å². The van der Waals surface area contributed by atoms with E-state index in [1.54, 1.807) is 18.5 Å². The maximum Gasteiger partial charge on any atom is 0.249 e. The van der Waals surface area contributed by atoms with Crippen molar-refractivity contribution >= 4 is 16.9 Å². The Morgan fingerprint density at radius 2 is 1.91 bits per heavy atom. The molecule has 2 fully saturated rings. The summed E-state index contributed by atoms with van der Waals surface area (Å²) in [7, 11) is 0. The molecule has 0 spiro atoms. The molecule has 1 amide bonds. The summed E-state index contributed by atoms with van der Waals surface area (Å²) in [5.41, 5.74) is 2.38. The van der Waals surface area contributed by atoms with Crippen molar-refractivity contribution in [1.82, 2.24) is 14.6 Å². The van der Waals surface area contributed by atoms with Crippen molar-refractivity contribution in [3.63, 3.8) is 0 Å². The number of imidazole rings is 1. The van der Waals surface area contributed by atoms with Crippen molar-refractivity contribution in [2.45, 2.75) is 44.7 Å². The minimum Gasteiger partial charge on any atom is -0.330 e. The van der Waals surface area contributed by atoms with Crippen LogP contribution in [0.2, 0.25) is 0 Å². The Bertz CT molecular complexity index is 1230. The standard InChI is InChI=1S/C25H24F2N4O2/c26-20-5-6-22-24(12-20)30(15-29-22)14-16-1-3-18(4-2-16)25(32)31-23(7-8-33-31)19-9-17(13-28)10-21(27)11-19/h5-6,9-12,15-16,18,23H,1-4,7-8,14H2/t16?,18?,23-/m0/s1. The Balaban J connectivity index is 1.23. The van der Waals surface area contributed by atoms with Gasteiger partial charge in [0.2, 0.25) is 5.91 Å². The fourth-order valence-corrected chi connectivity index (χ4v) is 5.08. The number of rotatable bonds is 4. The summed E-state index contributed by atoms with van der Waals surface area (Å²) in [5.74, 6) is -0.613. The van der Waals surface area contributed by atoms with Crippen LogP contribution in [0.5, 0.6) is 0 Å². The lowest BCUT2D eigenvalue weighted by molar-refractivity contribution is -0.183. The highest BCUT2D eigenvalue weighted by Gasteiger charge is 2.37. The van der Waals surface area contributed by atoms with Crippen molar-refractivity contribution in [2.24, 2.45) is 11.8 Å². The topological polar surface area (TPSA) is 71.2 Å². The highest BCUT2D eigenvalue weighted by molar-refractivity contribution is 5.78. The van der Waals surface area contributed by atoms with Gasteiger partial charge in [0.25, 0.3) is 0 Å². The molecule has 170 valence electrons. The average Bonchev–Trinajstić information content (AvgIpc) is 3.46. The number of hydrogen-bond acceptors (Lipinski definition) is 4. The number of halogens is 2. The molecule has 1 aliphatic carbocycles. The van der Waals surface area contributed by atoms with E-state index in [0.717, 1.165) is 43.3 Å². The molecule has 0 bridgehead atoms. The van der Waals surface area contributed by atoms with Gasteiger partial charge in [-0.15, -0.1) is 0 Å². The smallest absolute Gasteiger partial charge is 0.249 e. The first kappa shape index (κ1) is 21.5. The van der Waals surface area contributed by atoms with E-state index < -0.39 is 5.82 Å². The zero-order valence-corrected chi connectivity index (χ0v) is 18.1. The van der Waals surface area contributed by atoms with E-state index in [2.05, 4.69) is 4.98 Å². The van der Waals surface area contributed by atoms with Crippen molar-refractivity contribution in [1.29, 1.82) is 5.26 Å². The molecule has 1 atom stereocenters. The minimum absolute atomic E-state index is 0.0751. The third-order valence-corrected chi connectivity index (χ3v) is 6.79. The number of amides is 1. The van der Waals surface area contributed by atoms with Crippen LogP contribution in [0.3, 0.4) is 0 Å². The number of nitriles is 1. The zero-order valence-electron chi connectivity index (χ0n) is 18.1. The fourth-order valence-electron chi connectivity index (χ4n) is 5.08. The van der Waals surface area contributed by atoms with E-state index in [4.69, 9.17) is 10.1 Å². The molecule has 3 aromatic rings. The van der Waals surface area contributed by atoms with E-state index in [9.17, 15) is 13.6 Å². The normalized spacial score (nSPS) is 23.1. The van der Waals surface area contributed by atoms with Crippen LogP contribution in [0.25, 0.3) is 11.0 Å². The maximum absolute atomic E-state index is 13.9. The van der Waals surface area contributed by atoms with E-state index >= 15 is 0 Å². The number of benzene rings is 2. The average molecular weight is 450 g/mol. The van der Waals surface area contributed by atoms with Crippen LogP contribution in [0.4, 0.5) is 8.78 Å². The number of carbonyl (C=O) groups excluding carboxylic acids is 1. The Hall–Kier alpha value is -3.31. The van der Waals surface area contributed by atoms with E-state index in [1.165, 1.54) is 29.3 Å². The summed E-state index contributed by atoms with van der Waals surface area (Å²) in [5, 5.41) is 10.5. The Kier molecular flexibility index (Phi) is 5.81. The van der Waals surface area contributed by atoms with Gasteiger partial charge in [-0.3, -0.25) is 9.63 Å². The summed E-state index contributed by atoms with van der Waals surface area (Å²) in [4.78, 5) is 23.2. The molecular weight excluding hydrogens is 426 g/mol. The first-order valence-electron chi connectivity index (χ1n) is 11.3. The molecule has 0 radical (unpaired) electrons. The number of fused-ring (bicyclic) bond motifs is 1. The van der Waals surface area contributed by atoms with Crippen LogP contribution in [-0.2, 0) is 16.2 Å². The quantitative estimate of drug-likeness (QED) is 0.567. The SMILES string of the molecule is N#Cc1cc(F)cc([C@@H]2CCON2C(=O)C2CCC(Cn3cnc4ccc(F)cc43)CC2)c1. The molecule has 2 heterocycles. The summed E-state index contributed by atoms with van der Waals surface area (Å²) in [6.07, 6.45) is 5.55. The van der Waals surface area contributed by atoms with Crippen molar-refractivity contribution in [2.75, 3.05) is 6.61 Å². The molecule has 33 heavy (non-hydrogen) atoms. The molecule has 5 rings (SSSR count). The molecule has 0 unspecified atom stereocenters. The van der Waals surface area contributed by atoms with Crippen LogP contribution in [-0.4, -0.2) is 27.1 Å². The van der Waals surface area contributed by atoms with Crippen LogP contribution in [0, 0.1) is 34.8 Å². The third kappa shape index (κ3) is 4.33. The molecule has 1 saturated carbocycles. The van der Waals surface area contributed by atoms with Gasteiger partial charge in [-0.2, -0.15) is 5.26 Å². The lowest BCUT2D eigenvalue weighted by Gasteiger charge is -2.32. The zero-order chi connectivity index (χ0) is 22.9. The Morgan fingerprint density at radius 1 is 1.09 bits per heavy atom. The number of aromatic nitrogens is 2. The van der Waals surface area contributed by atoms with Crippen LogP contribution in [0.15, 0.2) is 42.7 Å². The van der Waals surface area contributed by atoms with Gasteiger partial charge in [0.1, 0.15) is 11.6 Å². The second-order valence-electron chi connectivity index (χ2n) is 8.93. The summed E-state index contributed by atoms with van der Waals surface area (Å²) in [6, 6.07) is 10.4. The van der Waals surface area contributed by atoms with Crippen molar-refractivity contribution in [3.05, 3.63) is 65.5 Å². The Labute approximate surface area is 190 Å². The molecule has 8 heteroatoms. The van der Waals surface area contributed by atoms with Crippen molar-refractivity contribution in [3.8, 4) is 6.07 Å². The van der Waals surface area contributed by atoms with Crippen LogP contribution >= 0.6 is 0 Å². The van der Waals surface area contributed by atoms with Crippen molar-refractivity contribution < 1.29 is 18.4 Å². The predicted octanol–water partition coefficient (Wildman–Crippen LogP) is 4.90. The number of nitrogens with zero attached hydrogens (tertiary/aromatic N) is 4. The molecule has 6 nitrogen and oxygen atoms in total. The van der Waals surface area contributed by atoms with Gasteiger partial charge in [-0.25, -0.2) is 18.8 Å². The molecular formula is C25H24F2N4O2. The van der Waals surface area contributed by atoms with Crippen LogP contribution in [0.1, 0.15) is 49.3 Å². The molecule has 1 aliphatic heterocycles. The first-order chi connectivity index (χ1) is 16.0. The van der Waals surface area contributed by atoms with Gasteiger partial charge >= 0.3 is 0 Å². The molecule has 2 aromatic carbocycles. The predicted molar refractivity (Wildman–Crippen MR) is 116 cm³/mol. The largest absolute Gasteiger partial charge is 0.330 e. The second kappa shape index (κ2) is 8.91. The monoisotopic (exact) mass is 450 g/mol. The molecule has 1 saturated heterocycles. The molecule has 2 aliphatic rings. The molecule has 0 N–H and O–H groups in total. The number of hydroxylamine groups is 2. The van der Waals surface area contributed by atoms with Gasteiger partial charge in [0.15, 0.2) is 0 Å². The third-order valence-electron chi connectivity index (χ3n) is 6.79. The highest BCUT2D eigenvalue weighted by atomic mass is 19.1. The minimum atomic E-state index is -0.490. The van der Waals surface area contributed by atoms with E-state index in [0.29, 0.717) is 24.5 Å². The van der Waals surface area contributed by atoms with E-state index in [1.807, 2.05) is 10.6 Å². The second-order valence-corrected chi connectivity index (χ2v) is 8.93. The van der Waals surface area contributed by atoms with Crippen LogP contribution < -0.4 is 0 Å². The maximum atomic E-state index is 13.9. The lowest BCUT2D eigenvalue weighted by Crippen LogP contribution is -2.37. The number of hydrogen-bond donors (Lipinski definition) is 0. The first-order valence-corrected chi connectivity index (χ1v) is 11.3. The lowest BCUT2D eigenvalue weighted by atomic mass is 9.81. The molecule has 1 aromatic heterocycles. The van der Waals surface area contributed by atoms with Gasteiger partial charge in [-0.1, -0.05) is 0 Å². The number of carbonyl (C=O) groups is 1. The highest BCUT2D eigenvalue weighted by Crippen LogP contribution is 2.37. The summed E-state index contributed by atoms with van der Waals surface area (Å²) in [6.45, 7) is 1.12. The van der Waals surface area contributed by atoms with Gasteiger partial charge in [0.05, 0.1) is 41.6 Å². The van der Waals surface area contributed by atoms with Gasteiger partial charge in [-0.05, 0) is 73.6 Å². The van der Waals surface area contributed by atoms with E-state index in [-0.39, 0.29) is 29.2 Å². The fraction of sp³-hybridized carbons (Fsp3) is 0.400.